The zero-order valence-electron chi connectivity index (χ0n) is 14.1. The van der Waals surface area contributed by atoms with Crippen LogP contribution in [-0.2, 0) is 4.79 Å². The number of ether oxygens (including phenoxy) is 1. The molecule has 0 bridgehead atoms. The maximum atomic E-state index is 13.3. The molecule has 0 aliphatic carbocycles. The Morgan fingerprint density at radius 2 is 1.96 bits per heavy atom. The quantitative estimate of drug-likeness (QED) is 0.708. The van der Waals surface area contributed by atoms with Gasteiger partial charge in [0, 0.05) is 10.9 Å². The molecule has 1 unspecified atom stereocenters. The molecule has 0 spiro atoms. The molecule has 0 radical (unpaired) electrons. The Hall–Kier alpha value is -3.31. The molecule has 3 aromatic rings. The summed E-state index contributed by atoms with van der Waals surface area (Å²) in [6.07, 6.45) is -0.798. The van der Waals surface area contributed by atoms with Crippen LogP contribution in [-0.4, -0.2) is 17.0 Å². The van der Waals surface area contributed by atoms with Crippen LogP contribution in [0.15, 0.2) is 47.8 Å². The van der Waals surface area contributed by atoms with E-state index in [4.69, 9.17) is 10.00 Å². The van der Waals surface area contributed by atoms with E-state index in [0.717, 1.165) is 23.5 Å². The summed E-state index contributed by atoms with van der Waals surface area (Å²) >= 11 is 1.16. The topological polar surface area (TPSA) is 75.0 Å². The van der Waals surface area contributed by atoms with Gasteiger partial charge < -0.3 is 4.74 Å². The predicted octanol–water partition coefficient (Wildman–Crippen LogP) is 4.37. The molecule has 3 rings (SSSR count). The molecule has 2 aromatic carbocycles. The highest BCUT2D eigenvalue weighted by Crippen LogP contribution is 2.26. The lowest BCUT2D eigenvalue weighted by molar-refractivity contribution is -0.122. The third-order valence-corrected chi connectivity index (χ3v) is 4.37. The number of nitrogens with zero attached hydrogens (tertiary/aromatic N) is 2. The van der Waals surface area contributed by atoms with Crippen LogP contribution >= 0.6 is 11.3 Å². The Kier molecular flexibility index (Phi) is 5.43. The summed E-state index contributed by atoms with van der Waals surface area (Å²) < 4.78 is 31.9. The van der Waals surface area contributed by atoms with Gasteiger partial charge in [-0.1, -0.05) is 0 Å². The molecule has 0 saturated carbocycles. The minimum Gasteiger partial charge on any atom is -0.481 e. The largest absolute Gasteiger partial charge is 0.481 e. The van der Waals surface area contributed by atoms with Crippen molar-refractivity contribution < 1.29 is 18.3 Å². The van der Waals surface area contributed by atoms with Crippen molar-refractivity contribution in [1.82, 2.24) is 4.98 Å². The number of carbonyl (C=O) groups excluding carboxylic acids is 1. The lowest BCUT2D eigenvalue weighted by Crippen LogP contribution is -2.30. The van der Waals surface area contributed by atoms with Crippen molar-refractivity contribution in [1.29, 1.82) is 5.26 Å². The number of carbonyl (C=O) groups is 1. The first-order valence-corrected chi connectivity index (χ1v) is 8.73. The zero-order chi connectivity index (χ0) is 19.4. The fourth-order valence-corrected chi connectivity index (χ4v) is 2.91. The number of hydrogen-bond donors (Lipinski definition) is 1. The van der Waals surface area contributed by atoms with Gasteiger partial charge >= 0.3 is 0 Å². The summed E-state index contributed by atoms with van der Waals surface area (Å²) in [5, 5.41) is 13.3. The van der Waals surface area contributed by atoms with Gasteiger partial charge in [0.25, 0.3) is 5.91 Å². The first kappa shape index (κ1) is 18.5. The van der Waals surface area contributed by atoms with E-state index in [1.54, 1.807) is 36.6 Å². The number of benzene rings is 2. The number of anilines is 1. The van der Waals surface area contributed by atoms with Crippen molar-refractivity contribution in [3.63, 3.8) is 0 Å². The van der Waals surface area contributed by atoms with Crippen molar-refractivity contribution in [3.8, 4) is 23.1 Å². The SMILES string of the molecule is CC(Oc1ccc(C#N)cc1)C(=O)Nc1nc(-c2ccc(F)c(F)c2)cs1. The molecule has 1 atom stereocenters. The Morgan fingerprint density at radius 3 is 2.63 bits per heavy atom. The average molecular weight is 385 g/mol. The standard InChI is InChI=1S/C19H13F2N3O2S/c1-11(26-14-5-2-12(9-22)3-6-14)18(25)24-19-23-17(10-27-19)13-4-7-15(20)16(21)8-13/h2-8,10-11H,1H3,(H,23,24,25). The van der Waals surface area contributed by atoms with Crippen molar-refractivity contribution in [3.05, 3.63) is 65.0 Å². The van der Waals surface area contributed by atoms with Crippen LogP contribution in [0.1, 0.15) is 12.5 Å². The summed E-state index contributed by atoms with van der Waals surface area (Å²) in [5.74, 6) is -1.85. The number of aromatic nitrogens is 1. The molecule has 1 N–H and O–H groups in total. The van der Waals surface area contributed by atoms with Crippen LogP contribution in [0.4, 0.5) is 13.9 Å². The molecule has 0 saturated heterocycles. The minimum absolute atomic E-state index is 0.315. The molecule has 0 aliphatic heterocycles. The molecule has 1 heterocycles. The second-order valence-electron chi connectivity index (χ2n) is 5.55. The van der Waals surface area contributed by atoms with Crippen LogP contribution < -0.4 is 10.1 Å². The summed E-state index contributed by atoms with van der Waals surface area (Å²) in [6, 6.07) is 11.9. The smallest absolute Gasteiger partial charge is 0.266 e. The number of hydrogen-bond acceptors (Lipinski definition) is 5. The normalized spacial score (nSPS) is 11.5. The number of thiazole rings is 1. The third kappa shape index (κ3) is 4.46. The Labute approximate surface area is 157 Å². The van der Waals surface area contributed by atoms with Crippen molar-refractivity contribution >= 4 is 22.4 Å². The number of nitriles is 1. The minimum atomic E-state index is -0.962. The maximum absolute atomic E-state index is 13.3. The van der Waals surface area contributed by atoms with Gasteiger partial charge in [-0.15, -0.1) is 11.3 Å². The van der Waals surface area contributed by atoms with Crippen molar-refractivity contribution in [2.45, 2.75) is 13.0 Å². The average Bonchev–Trinajstić information content (AvgIpc) is 3.13. The van der Waals surface area contributed by atoms with Gasteiger partial charge in [-0.25, -0.2) is 13.8 Å². The Bertz CT molecular complexity index is 1010. The van der Waals surface area contributed by atoms with Crippen LogP contribution in [0.3, 0.4) is 0 Å². The van der Waals surface area contributed by atoms with E-state index in [2.05, 4.69) is 10.3 Å². The van der Waals surface area contributed by atoms with E-state index in [-0.39, 0.29) is 0 Å². The first-order valence-electron chi connectivity index (χ1n) is 7.85. The molecular weight excluding hydrogens is 372 g/mol. The molecule has 27 heavy (non-hydrogen) atoms. The Balaban J connectivity index is 1.64. The number of halogens is 2. The molecule has 0 aliphatic rings. The Morgan fingerprint density at radius 1 is 1.22 bits per heavy atom. The van der Waals surface area contributed by atoms with Gasteiger partial charge in [0.1, 0.15) is 5.75 Å². The number of rotatable bonds is 5. The summed E-state index contributed by atoms with van der Waals surface area (Å²) in [7, 11) is 0. The van der Waals surface area contributed by atoms with Crippen molar-refractivity contribution in [2.75, 3.05) is 5.32 Å². The van der Waals surface area contributed by atoms with E-state index >= 15 is 0 Å². The van der Waals surface area contributed by atoms with Gasteiger partial charge in [-0.3, -0.25) is 10.1 Å². The number of amides is 1. The van der Waals surface area contributed by atoms with Crippen molar-refractivity contribution in [2.24, 2.45) is 0 Å². The van der Waals surface area contributed by atoms with Gasteiger partial charge in [-0.05, 0) is 49.4 Å². The highest BCUT2D eigenvalue weighted by molar-refractivity contribution is 7.14. The van der Waals surface area contributed by atoms with Gasteiger partial charge in [0.15, 0.2) is 22.9 Å². The predicted molar refractivity (Wildman–Crippen MR) is 97.3 cm³/mol. The van der Waals surface area contributed by atoms with Gasteiger partial charge in [0.05, 0.1) is 17.3 Å². The summed E-state index contributed by atoms with van der Waals surface area (Å²) in [6.45, 7) is 1.58. The third-order valence-electron chi connectivity index (χ3n) is 3.62. The molecule has 8 heteroatoms. The molecule has 0 fully saturated rings. The van der Waals surface area contributed by atoms with Gasteiger partial charge in [0.2, 0.25) is 0 Å². The van der Waals surface area contributed by atoms with E-state index in [9.17, 15) is 13.6 Å². The lowest BCUT2D eigenvalue weighted by atomic mass is 10.2. The monoisotopic (exact) mass is 385 g/mol. The highest BCUT2D eigenvalue weighted by atomic mass is 32.1. The fraction of sp³-hybridized carbons (Fsp3) is 0.105. The van der Waals surface area contributed by atoms with E-state index < -0.39 is 23.6 Å². The van der Waals surface area contributed by atoms with E-state index in [0.29, 0.717) is 27.7 Å². The second-order valence-corrected chi connectivity index (χ2v) is 6.41. The maximum Gasteiger partial charge on any atom is 0.266 e. The molecule has 5 nitrogen and oxygen atoms in total. The van der Waals surface area contributed by atoms with Gasteiger partial charge in [-0.2, -0.15) is 5.26 Å². The molecule has 136 valence electrons. The second kappa shape index (κ2) is 7.93. The lowest BCUT2D eigenvalue weighted by Gasteiger charge is -2.13. The molecule has 1 amide bonds. The van der Waals surface area contributed by atoms with Crippen LogP contribution in [0.2, 0.25) is 0 Å². The number of nitrogens with one attached hydrogen (secondary N) is 1. The molecule has 1 aromatic heterocycles. The molecular formula is C19H13F2N3O2S. The van der Waals surface area contributed by atoms with Crippen LogP contribution in [0, 0.1) is 23.0 Å². The summed E-state index contributed by atoms with van der Waals surface area (Å²) in [4.78, 5) is 16.5. The summed E-state index contributed by atoms with van der Waals surface area (Å²) in [5.41, 5.74) is 1.33. The zero-order valence-corrected chi connectivity index (χ0v) is 14.9. The van der Waals surface area contributed by atoms with Crippen LogP contribution in [0.5, 0.6) is 5.75 Å². The van der Waals surface area contributed by atoms with Crippen LogP contribution in [0.25, 0.3) is 11.3 Å². The van der Waals surface area contributed by atoms with E-state index in [1.807, 2.05) is 6.07 Å². The first-order chi connectivity index (χ1) is 13.0. The highest BCUT2D eigenvalue weighted by Gasteiger charge is 2.17. The van der Waals surface area contributed by atoms with E-state index in [1.165, 1.54) is 6.07 Å². The fourth-order valence-electron chi connectivity index (χ4n) is 2.19.